The van der Waals surface area contributed by atoms with Crippen molar-refractivity contribution in [3.05, 3.63) is 99.3 Å². The van der Waals surface area contributed by atoms with Crippen molar-refractivity contribution in [2.75, 3.05) is 33.4 Å². The number of thiophene rings is 1. The Labute approximate surface area is 211 Å². The van der Waals surface area contributed by atoms with E-state index < -0.39 is 0 Å². The summed E-state index contributed by atoms with van der Waals surface area (Å²) in [5.74, 6) is -0.201. The van der Waals surface area contributed by atoms with E-state index in [-0.39, 0.29) is 24.4 Å². The number of nitrogens with zero attached hydrogens (tertiary/aromatic N) is 2. The quantitative estimate of drug-likeness (QED) is 0.311. The van der Waals surface area contributed by atoms with Crippen molar-refractivity contribution in [3.8, 4) is 0 Å². The summed E-state index contributed by atoms with van der Waals surface area (Å²) in [6.07, 6.45) is 4.86. The Hall–Kier alpha value is -3.22. The van der Waals surface area contributed by atoms with Gasteiger partial charge in [-0.25, -0.2) is 0 Å². The van der Waals surface area contributed by atoms with Crippen LogP contribution in [-0.4, -0.2) is 55.0 Å². The lowest BCUT2D eigenvalue weighted by Crippen LogP contribution is -2.47. The van der Waals surface area contributed by atoms with E-state index in [1.165, 1.54) is 10.4 Å². The molecule has 35 heavy (non-hydrogen) atoms. The first-order valence-electron chi connectivity index (χ1n) is 12.0. The van der Waals surface area contributed by atoms with Crippen LogP contribution in [0.15, 0.2) is 72.1 Å². The van der Waals surface area contributed by atoms with Crippen LogP contribution in [0.4, 0.5) is 0 Å². The van der Waals surface area contributed by atoms with Crippen molar-refractivity contribution < 1.29 is 14.3 Å². The lowest BCUT2D eigenvalue weighted by atomic mass is 9.90. The van der Waals surface area contributed by atoms with Gasteiger partial charge >= 0.3 is 0 Å². The van der Waals surface area contributed by atoms with Gasteiger partial charge < -0.3 is 14.5 Å². The molecule has 0 spiro atoms. The van der Waals surface area contributed by atoms with E-state index in [9.17, 15) is 9.59 Å². The molecule has 0 saturated carbocycles. The Balaban J connectivity index is 1.56. The molecule has 1 aromatic heterocycles. The summed E-state index contributed by atoms with van der Waals surface area (Å²) >= 11 is 1.75. The summed E-state index contributed by atoms with van der Waals surface area (Å²) in [5, 5.41) is 2.11. The van der Waals surface area contributed by atoms with Gasteiger partial charge in [-0.3, -0.25) is 9.59 Å². The van der Waals surface area contributed by atoms with Gasteiger partial charge in [-0.1, -0.05) is 54.6 Å². The molecular formula is C29H32N2O3S. The molecule has 6 heteroatoms. The Morgan fingerprint density at radius 3 is 2.63 bits per heavy atom. The predicted molar refractivity (Wildman–Crippen MR) is 141 cm³/mol. The lowest BCUT2D eigenvalue weighted by Gasteiger charge is -2.38. The van der Waals surface area contributed by atoms with Crippen molar-refractivity contribution in [2.24, 2.45) is 0 Å². The molecular weight excluding hydrogens is 456 g/mol. The zero-order chi connectivity index (χ0) is 24.6. The number of hydrogen-bond acceptors (Lipinski definition) is 4. The molecule has 2 amide bonds. The smallest absolute Gasteiger partial charge is 0.247 e. The topological polar surface area (TPSA) is 49.9 Å². The van der Waals surface area contributed by atoms with Gasteiger partial charge in [0.1, 0.15) is 6.54 Å². The summed E-state index contributed by atoms with van der Waals surface area (Å²) in [5.41, 5.74) is 4.45. The second-order valence-corrected chi connectivity index (χ2v) is 9.75. The molecule has 0 N–H and O–H groups in total. The fourth-order valence-corrected chi connectivity index (χ4v) is 5.48. The van der Waals surface area contributed by atoms with Crippen LogP contribution in [0.1, 0.15) is 39.6 Å². The first kappa shape index (κ1) is 24.9. The third kappa shape index (κ3) is 6.08. The van der Waals surface area contributed by atoms with Crippen molar-refractivity contribution in [1.29, 1.82) is 0 Å². The van der Waals surface area contributed by atoms with E-state index in [1.807, 2.05) is 47.4 Å². The van der Waals surface area contributed by atoms with Crippen LogP contribution in [0.25, 0.3) is 6.08 Å². The van der Waals surface area contributed by atoms with E-state index in [1.54, 1.807) is 35.5 Å². The van der Waals surface area contributed by atoms with Crippen LogP contribution in [0.5, 0.6) is 0 Å². The number of benzene rings is 2. The number of carbonyl (C=O) groups is 2. The molecule has 182 valence electrons. The lowest BCUT2D eigenvalue weighted by molar-refractivity contribution is -0.139. The minimum Gasteiger partial charge on any atom is -0.385 e. The van der Waals surface area contributed by atoms with Crippen molar-refractivity contribution >= 4 is 29.2 Å². The fraction of sp³-hybridized carbons (Fsp3) is 0.310. The molecule has 2 heterocycles. The molecule has 5 nitrogen and oxygen atoms in total. The summed E-state index contributed by atoms with van der Waals surface area (Å²) in [4.78, 5) is 31.8. The van der Waals surface area contributed by atoms with Gasteiger partial charge in [0.05, 0.1) is 6.04 Å². The van der Waals surface area contributed by atoms with Crippen LogP contribution in [0.3, 0.4) is 0 Å². The van der Waals surface area contributed by atoms with E-state index >= 15 is 0 Å². The minimum absolute atomic E-state index is 0.0334. The maximum absolute atomic E-state index is 13.7. The van der Waals surface area contributed by atoms with Crippen LogP contribution >= 0.6 is 11.3 Å². The summed E-state index contributed by atoms with van der Waals surface area (Å²) in [6, 6.07) is 20.0. The van der Waals surface area contributed by atoms with E-state index in [0.717, 1.165) is 23.1 Å². The van der Waals surface area contributed by atoms with E-state index in [2.05, 4.69) is 30.5 Å². The monoisotopic (exact) mass is 488 g/mol. The molecule has 0 saturated heterocycles. The SMILES string of the molecule is COCCCN(CC(=O)N1CCc2sccc2C1c1ccccc1C)C(=O)/C=C/c1ccccc1. The second-order valence-electron chi connectivity index (χ2n) is 8.75. The molecule has 3 aromatic rings. The Kier molecular flexibility index (Phi) is 8.50. The van der Waals surface area contributed by atoms with Crippen molar-refractivity contribution in [1.82, 2.24) is 9.80 Å². The Morgan fingerprint density at radius 1 is 1.09 bits per heavy atom. The molecule has 2 aromatic carbocycles. The molecule has 1 atom stereocenters. The summed E-state index contributed by atoms with van der Waals surface area (Å²) in [7, 11) is 1.64. The number of ether oxygens (including phenoxy) is 1. The van der Waals surface area contributed by atoms with E-state index in [4.69, 9.17) is 4.74 Å². The standard InChI is InChI=1S/C29H32N2O3S/c1-22-9-6-7-12-24(22)29-25-16-20-35-26(25)15-18-31(29)28(33)21-30(17-8-19-34-2)27(32)14-13-23-10-4-3-5-11-23/h3-7,9-14,16,20,29H,8,15,17-19,21H2,1-2H3/b14-13+. The Bertz CT molecular complexity index is 1170. The van der Waals surface area contributed by atoms with Crippen LogP contribution in [0.2, 0.25) is 0 Å². The maximum Gasteiger partial charge on any atom is 0.247 e. The molecule has 1 aliphatic heterocycles. The third-order valence-electron chi connectivity index (χ3n) is 6.40. The fourth-order valence-electron chi connectivity index (χ4n) is 4.57. The van der Waals surface area contributed by atoms with Crippen LogP contribution in [-0.2, 0) is 20.7 Å². The van der Waals surface area contributed by atoms with Gasteiger partial charge in [0.15, 0.2) is 0 Å². The van der Waals surface area contributed by atoms with Gasteiger partial charge in [0, 0.05) is 37.8 Å². The molecule has 0 radical (unpaired) electrons. The molecule has 1 aliphatic rings. The highest BCUT2D eigenvalue weighted by atomic mass is 32.1. The molecule has 0 aliphatic carbocycles. The number of amides is 2. The average Bonchev–Trinajstić information content (AvgIpc) is 3.36. The highest BCUT2D eigenvalue weighted by Gasteiger charge is 2.34. The molecule has 0 bridgehead atoms. The molecule has 1 unspecified atom stereocenters. The van der Waals surface area contributed by atoms with Gasteiger partial charge in [-0.05, 0) is 59.5 Å². The van der Waals surface area contributed by atoms with Crippen LogP contribution < -0.4 is 0 Å². The average molecular weight is 489 g/mol. The van der Waals surface area contributed by atoms with Crippen LogP contribution in [0, 0.1) is 6.92 Å². The molecule has 0 fully saturated rings. The number of aryl methyl sites for hydroxylation is 1. The number of fused-ring (bicyclic) bond motifs is 1. The Morgan fingerprint density at radius 2 is 1.86 bits per heavy atom. The summed E-state index contributed by atoms with van der Waals surface area (Å²) in [6.45, 7) is 3.78. The minimum atomic E-state index is -0.168. The number of methoxy groups -OCH3 is 1. The first-order valence-corrected chi connectivity index (χ1v) is 12.9. The van der Waals surface area contributed by atoms with E-state index in [0.29, 0.717) is 26.1 Å². The van der Waals surface area contributed by atoms with Gasteiger partial charge in [-0.15, -0.1) is 11.3 Å². The normalized spacial score (nSPS) is 15.3. The van der Waals surface area contributed by atoms with Gasteiger partial charge in [-0.2, -0.15) is 0 Å². The van der Waals surface area contributed by atoms with Gasteiger partial charge in [0.2, 0.25) is 11.8 Å². The summed E-state index contributed by atoms with van der Waals surface area (Å²) < 4.78 is 5.19. The second kappa shape index (κ2) is 12.0. The third-order valence-corrected chi connectivity index (χ3v) is 7.40. The largest absolute Gasteiger partial charge is 0.385 e. The van der Waals surface area contributed by atoms with Crippen molar-refractivity contribution in [2.45, 2.75) is 25.8 Å². The zero-order valence-corrected chi connectivity index (χ0v) is 21.2. The highest BCUT2D eigenvalue weighted by Crippen LogP contribution is 2.39. The number of hydrogen-bond donors (Lipinski definition) is 0. The highest BCUT2D eigenvalue weighted by molar-refractivity contribution is 7.10. The predicted octanol–water partition coefficient (Wildman–Crippen LogP) is 5.11. The number of carbonyl (C=O) groups excluding carboxylic acids is 2. The maximum atomic E-state index is 13.7. The van der Waals surface area contributed by atoms with Gasteiger partial charge in [0.25, 0.3) is 0 Å². The number of rotatable bonds is 9. The zero-order valence-electron chi connectivity index (χ0n) is 20.4. The first-order chi connectivity index (χ1) is 17.1. The van der Waals surface area contributed by atoms with Crippen molar-refractivity contribution in [3.63, 3.8) is 0 Å². The molecule has 4 rings (SSSR count).